The lowest BCUT2D eigenvalue weighted by atomic mass is 9.74. The third-order valence-electron chi connectivity index (χ3n) is 3.33. The van der Waals surface area contributed by atoms with Crippen LogP contribution in [-0.2, 0) is 0 Å². The third-order valence-corrected chi connectivity index (χ3v) is 3.33. The summed E-state index contributed by atoms with van der Waals surface area (Å²) >= 11 is 0. The number of hydrogen-bond acceptors (Lipinski definition) is 1. The Balaban J connectivity index is 2.33. The highest BCUT2D eigenvalue weighted by Gasteiger charge is 2.25. The zero-order chi connectivity index (χ0) is 9.68. The summed E-state index contributed by atoms with van der Waals surface area (Å²) in [4.78, 5) is 0. The summed E-state index contributed by atoms with van der Waals surface area (Å²) in [6.07, 6.45) is 7.21. The molecule has 1 heteroatoms. The summed E-state index contributed by atoms with van der Waals surface area (Å²) in [6.45, 7) is 5.96. The van der Waals surface area contributed by atoms with Crippen molar-refractivity contribution in [2.45, 2.75) is 46.0 Å². The Morgan fingerprint density at radius 1 is 1.15 bits per heavy atom. The molecule has 0 spiro atoms. The van der Waals surface area contributed by atoms with Gasteiger partial charge in [-0.15, -0.1) is 0 Å². The second-order valence-corrected chi connectivity index (χ2v) is 4.89. The van der Waals surface area contributed by atoms with Crippen LogP contribution in [0.3, 0.4) is 0 Å². The van der Waals surface area contributed by atoms with Crippen molar-refractivity contribution in [3.8, 4) is 0 Å². The molecule has 0 aromatic carbocycles. The number of rotatable bonds is 4. The van der Waals surface area contributed by atoms with Crippen LogP contribution in [0.1, 0.15) is 46.0 Å². The Morgan fingerprint density at radius 2 is 1.85 bits per heavy atom. The smallest absolute Gasteiger partial charge is 0.00233 e. The van der Waals surface area contributed by atoms with Crippen LogP contribution >= 0.6 is 0 Å². The molecule has 1 N–H and O–H groups in total. The summed E-state index contributed by atoms with van der Waals surface area (Å²) in [5.74, 6) is 2.93. The molecule has 13 heavy (non-hydrogen) atoms. The highest BCUT2D eigenvalue weighted by Crippen LogP contribution is 2.35. The maximum atomic E-state index is 3.32. The maximum Gasteiger partial charge on any atom is -0.00233 e. The van der Waals surface area contributed by atoms with Crippen LogP contribution in [0.15, 0.2) is 0 Å². The molecule has 1 aliphatic carbocycles. The molecule has 0 aromatic rings. The van der Waals surface area contributed by atoms with Gasteiger partial charge in [0.15, 0.2) is 0 Å². The highest BCUT2D eigenvalue weighted by molar-refractivity contribution is 4.77. The lowest BCUT2D eigenvalue weighted by Gasteiger charge is -2.33. The highest BCUT2D eigenvalue weighted by atomic mass is 14.8. The quantitative estimate of drug-likeness (QED) is 0.706. The fourth-order valence-electron chi connectivity index (χ4n) is 3.00. The van der Waals surface area contributed by atoms with Gasteiger partial charge in [-0.3, -0.25) is 0 Å². The van der Waals surface area contributed by atoms with Crippen LogP contribution in [0.25, 0.3) is 0 Å². The van der Waals surface area contributed by atoms with Gasteiger partial charge in [-0.1, -0.05) is 26.7 Å². The van der Waals surface area contributed by atoms with Gasteiger partial charge >= 0.3 is 0 Å². The molecule has 0 amide bonds. The molecule has 0 saturated heterocycles. The first kappa shape index (κ1) is 11.0. The Kier molecular flexibility index (Phi) is 4.79. The molecule has 1 aliphatic rings. The normalized spacial score (nSPS) is 34.8. The molecule has 1 rings (SSSR count). The van der Waals surface area contributed by atoms with Crippen molar-refractivity contribution in [2.75, 3.05) is 13.6 Å². The van der Waals surface area contributed by atoms with E-state index in [-0.39, 0.29) is 0 Å². The van der Waals surface area contributed by atoms with Crippen LogP contribution in [-0.4, -0.2) is 13.6 Å². The van der Waals surface area contributed by atoms with Gasteiger partial charge in [-0.05, 0) is 50.6 Å². The molecule has 0 radical (unpaired) electrons. The van der Waals surface area contributed by atoms with Crippen molar-refractivity contribution in [2.24, 2.45) is 17.8 Å². The maximum absolute atomic E-state index is 3.32. The molecule has 0 aliphatic heterocycles. The van der Waals surface area contributed by atoms with Crippen molar-refractivity contribution >= 4 is 0 Å². The zero-order valence-electron chi connectivity index (χ0n) is 9.47. The van der Waals surface area contributed by atoms with Crippen molar-refractivity contribution in [1.29, 1.82) is 0 Å². The largest absolute Gasteiger partial charge is 0.319 e. The summed E-state index contributed by atoms with van der Waals surface area (Å²) in [5.41, 5.74) is 0. The van der Waals surface area contributed by atoms with Crippen LogP contribution in [0, 0.1) is 17.8 Å². The van der Waals surface area contributed by atoms with E-state index < -0.39 is 0 Å². The minimum Gasteiger partial charge on any atom is -0.319 e. The van der Waals surface area contributed by atoms with E-state index in [9.17, 15) is 0 Å². The molecule has 1 nitrogen and oxygen atoms in total. The first-order valence-corrected chi connectivity index (χ1v) is 5.90. The van der Waals surface area contributed by atoms with E-state index in [1.165, 1.54) is 38.6 Å². The molecule has 3 atom stereocenters. The SMILES string of the molecule is CCCC1CC(C)CC(CNC)C1. The van der Waals surface area contributed by atoms with Crippen molar-refractivity contribution in [3.63, 3.8) is 0 Å². The number of hydrogen-bond donors (Lipinski definition) is 1. The fourth-order valence-corrected chi connectivity index (χ4v) is 3.00. The molecule has 78 valence electrons. The van der Waals surface area contributed by atoms with E-state index in [4.69, 9.17) is 0 Å². The van der Waals surface area contributed by atoms with Gasteiger partial charge in [-0.2, -0.15) is 0 Å². The van der Waals surface area contributed by atoms with E-state index in [0.29, 0.717) is 0 Å². The minimum absolute atomic E-state index is 0.949. The molecular weight excluding hydrogens is 158 g/mol. The fraction of sp³-hybridized carbons (Fsp3) is 1.00. The minimum atomic E-state index is 0.949. The Labute approximate surface area is 83.3 Å². The molecular formula is C12H25N. The Morgan fingerprint density at radius 3 is 2.46 bits per heavy atom. The van der Waals surface area contributed by atoms with E-state index in [1.54, 1.807) is 0 Å². The van der Waals surface area contributed by atoms with Gasteiger partial charge in [0.25, 0.3) is 0 Å². The van der Waals surface area contributed by atoms with E-state index in [0.717, 1.165) is 17.8 Å². The Hall–Kier alpha value is -0.0400. The van der Waals surface area contributed by atoms with Crippen LogP contribution in [0.2, 0.25) is 0 Å². The van der Waals surface area contributed by atoms with Gasteiger partial charge in [0.1, 0.15) is 0 Å². The molecule has 0 heterocycles. The second-order valence-electron chi connectivity index (χ2n) is 4.89. The van der Waals surface area contributed by atoms with Crippen LogP contribution in [0.5, 0.6) is 0 Å². The Bertz CT molecular complexity index is 119. The van der Waals surface area contributed by atoms with Crippen LogP contribution < -0.4 is 5.32 Å². The van der Waals surface area contributed by atoms with Gasteiger partial charge in [-0.25, -0.2) is 0 Å². The summed E-state index contributed by atoms with van der Waals surface area (Å²) in [5, 5.41) is 3.32. The standard InChI is InChI=1S/C12H25N/c1-4-5-11-6-10(2)7-12(8-11)9-13-3/h10-13H,4-9H2,1-3H3. The predicted octanol–water partition coefficient (Wildman–Crippen LogP) is 3.06. The van der Waals surface area contributed by atoms with Crippen molar-refractivity contribution in [3.05, 3.63) is 0 Å². The lowest BCUT2D eigenvalue weighted by Crippen LogP contribution is -2.28. The van der Waals surface area contributed by atoms with Gasteiger partial charge in [0.2, 0.25) is 0 Å². The first-order chi connectivity index (χ1) is 6.26. The average molecular weight is 183 g/mol. The molecule has 1 saturated carbocycles. The zero-order valence-corrected chi connectivity index (χ0v) is 9.47. The van der Waals surface area contributed by atoms with E-state index >= 15 is 0 Å². The molecule has 3 unspecified atom stereocenters. The topological polar surface area (TPSA) is 12.0 Å². The molecule has 0 aromatic heterocycles. The van der Waals surface area contributed by atoms with E-state index in [2.05, 4.69) is 26.2 Å². The van der Waals surface area contributed by atoms with Gasteiger partial charge in [0, 0.05) is 0 Å². The average Bonchev–Trinajstić information content (AvgIpc) is 2.04. The molecule has 0 bridgehead atoms. The van der Waals surface area contributed by atoms with Gasteiger partial charge < -0.3 is 5.32 Å². The second kappa shape index (κ2) is 5.64. The van der Waals surface area contributed by atoms with Crippen molar-refractivity contribution in [1.82, 2.24) is 5.32 Å². The van der Waals surface area contributed by atoms with Crippen molar-refractivity contribution < 1.29 is 0 Å². The molecule has 1 fully saturated rings. The monoisotopic (exact) mass is 183 g/mol. The summed E-state index contributed by atoms with van der Waals surface area (Å²) in [7, 11) is 2.08. The predicted molar refractivity (Wildman–Crippen MR) is 58.8 cm³/mol. The summed E-state index contributed by atoms with van der Waals surface area (Å²) in [6, 6.07) is 0. The van der Waals surface area contributed by atoms with Gasteiger partial charge in [0.05, 0.1) is 0 Å². The van der Waals surface area contributed by atoms with E-state index in [1.807, 2.05) is 0 Å². The third kappa shape index (κ3) is 3.68. The van der Waals surface area contributed by atoms with Crippen LogP contribution in [0.4, 0.5) is 0 Å². The number of nitrogens with one attached hydrogen (secondary N) is 1. The lowest BCUT2D eigenvalue weighted by molar-refractivity contribution is 0.195. The first-order valence-electron chi connectivity index (χ1n) is 5.90. The summed E-state index contributed by atoms with van der Waals surface area (Å²) < 4.78 is 0.